The lowest BCUT2D eigenvalue weighted by Crippen LogP contribution is -2.39. The molecular formula is C30H50N10O5S3. The monoisotopic (exact) mass is 726 g/mol. The first kappa shape index (κ1) is 40.9. The van der Waals surface area contributed by atoms with Gasteiger partial charge in [0.05, 0.1) is 13.2 Å². The zero-order chi connectivity index (χ0) is 35.0. The van der Waals surface area contributed by atoms with E-state index in [1.807, 2.05) is 25.1 Å². The first-order valence-corrected chi connectivity index (χ1v) is 18.1. The summed E-state index contributed by atoms with van der Waals surface area (Å²) >= 11 is 6.65. The highest BCUT2D eigenvalue weighted by atomic mass is 32.1. The van der Waals surface area contributed by atoms with Crippen molar-refractivity contribution in [2.75, 3.05) is 38.2 Å². The number of urea groups is 2. The first-order chi connectivity index (χ1) is 23.2. The Labute approximate surface area is 296 Å². The summed E-state index contributed by atoms with van der Waals surface area (Å²) in [6.45, 7) is 4.90. The highest BCUT2D eigenvalue weighted by molar-refractivity contribution is 7.80. The molecule has 48 heavy (non-hydrogen) atoms. The number of amides is 4. The lowest BCUT2D eigenvalue weighted by Gasteiger charge is -2.11. The molecule has 0 saturated carbocycles. The highest BCUT2D eigenvalue weighted by Crippen LogP contribution is 2.19. The third-order valence-electron chi connectivity index (χ3n) is 6.76. The van der Waals surface area contributed by atoms with Crippen LogP contribution < -0.4 is 27.2 Å². The number of hydrogen-bond donors (Lipinski definition) is 7. The summed E-state index contributed by atoms with van der Waals surface area (Å²) < 4.78 is 8.32. The quantitative estimate of drug-likeness (QED) is 0.0280. The summed E-state index contributed by atoms with van der Waals surface area (Å²) in [6, 6.07) is 5.25. The van der Waals surface area contributed by atoms with Gasteiger partial charge < -0.3 is 4.90 Å². The van der Waals surface area contributed by atoms with Gasteiger partial charge in [0.1, 0.15) is 11.6 Å². The van der Waals surface area contributed by atoms with Crippen molar-refractivity contribution >= 4 is 58.0 Å². The van der Waals surface area contributed by atoms with Crippen molar-refractivity contribution in [3.8, 4) is 0 Å². The van der Waals surface area contributed by atoms with Gasteiger partial charge in [-0.15, -0.1) is 12.6 Å². The van der Waals surface area contributed by atoms with Gasteiger partial charge in [0.25, 0.3) is 0 Å². The Hall–Kier alpha value is -3.29. The summed E-state index contributed by atoms with van der Waals surface area (Å²) in [6.07, 6.45) is 13.6. The summed E-state index contributed by atoms with van der Waals surface area (Å²) in [5, 5.41) is 9.27. The smallest absolute Gasteiger partial charge is 0.330 e. The summed E-state index contributed by atoms with van der Waals surface area (Å²) in [4.78, 5) is 42.9. The number of carbonyl (C=O) groups excluding carboxylic acids is 2. The lowest BCUT2D eigenvalue weighted by atomic mass is 10.1. The van der Waals surface area contributed by atoms with Crippen LogP contribution in [0.4, 0.5) is 19.9 Å². The van der Waals surface area contributed by atoms with Crippen LogP contribution in [0.25, 0.3) is 0 Å². The van der Waals surface area contributed by atoms with Crippen LogP contribution in [0.2, 0.25) is 0 Å². The van der Waals surface area contributed by atoms with Gasteiger partial charge >= 0.3 is 12.1 Å². The molecule has 268 valence electrons. The van der Waals surface area contributed by atoms with E-state index in [0.717, 1.165) is 34.8 Å². The Kier molecular flexibility index (Phi) is 21.1. The molecule has 4 amide bonds. The molecule has 0 aliphatic rings. The highest BCUT2D eigenvalue weighted by Gasteiger charge is 2.09. The van der Waals surface area contributed by atoms with E-state index in [1.54, 1.807) is 14.1 Å². The molecular weight excluding hydrogens is 677 g/mol. The number of aromatic nitrogens is 4. The van der Waals surface area contributed by atoms with Crippen molar-refractivity contribution in [3.63, 3.8) is 0 Å². The second kappa shape index (κ2) is 24.8. The van der Waals surface area contributed by atoms with Crippen LogP contribution in [0.3, 0.4) is 0 Å². The molecule has 0 aliphatic carbocycles. The van der Waals surface area contributed by atoms with E-state index in [2.05, 4.69) is 70.3 Å². The predicted octanol–water partition coefficient (Wildman–Crippen LogP) is 6.37. The third-order valence-corrected chi connectivity index (χ3v) is 8.38. The van der Waals surface area contributed by atoms with E-state index >= 15 is 0 Å². The number of hydrazine groups is 2. The Morgan fingerprint density at radius 2 is 1.48 bits per heavy atom. The minimum absolute atomic E-state index is 0.122. The van der Waals surface area contributed by atoms with E-state index in [4.69, 9.17) is 10.1 Å². The largest absolute Gasteiger partial charge is 0.357 e. The van der Waals surface area contributed by atoms with Gasteiger partial charge in [0.15, 0.2) is 0 Å². The number of thiol groups is 1. The number of hydrogen-bond acceptors (Lipinski definition) is 14. The molecule has 18 heteroatoms. The SMILES string of the molecule is CCCCCCCCCCCCONC(=O)NNc1nc(CCOO)ns1.Cc1ccc(S)cc1Cc1nsc(NNC(=O)N(C)C)n1. The number of nitrogens with one attached hydrogen (secondary N) is 5. The molecule has 0 spiro atoms. The van der Waals surface area contributed by atoms with Crippen LogP contribution in [0.15, 0.2) is 23.1 Å². The number of aryl methyl sites for hydroxylation is 1. The molecule has 3 aromatic rings. The van der Waals surface area contributed by atoms with Gasteiger partial charge in [-0.3, -0.25) is 20.9 Å². The first-order valence-electron chi connectivity index (χ1n) is 16.1. The molecule has 0 radical (unpaired) electrons. The van der Waals surface area contributed by atoms with Crippen molar-refractivity contribution in [1.29, 1.82) is 0 Å². The van der Waals surface area contributed by atoms with Crippen LogP contribution in [0.1, 0.15) is 93.9 Å². The van der Waals surface area contributed by atoms with E-state index in [9.17, 15) is 9.59 Å². The molecule has 2 heterocycles. The van der Waals surface area contributed by atoms with Gasteiger partial charge in [0.2, 0.25) is 10.3 Å². The number of rotatable bonds is 21. The maximum atomic E-state index is 11.6. The number of benzene rings is 1. The van der Waals surface area contributed by atoms with Crippen molar-refractivity contribution in [1.82, 2.24) is 39.9 Å². The fraction of sp³-hybridized carbons (Fsp3) is 0.600. The molecule has 0 saturated heterocycles. The normalized spacial score (nSPS) is 10.5. The zero-order valence-corrected chi connectivity index (χ0v) is 30.7. The Balaban J connectivity index is 0.000000343. The molecule has 1 aromatic carbocycles. The zero-order valence-electron chi connectivity index (χ0n) is 28.2. The van der Waals surface area contributed by atoms with E-state index in [0.29, 0.717) is 41.4 Å². The molecule has 2 aromatic heterocycles. The molecule has 0 atom stereocenters. The average Bonchev–Trinajstić information content (AvgIpc) is 3.73. The third kappa shape index (κ3) is 18.3. The molecule has 0 aliphatic heterocycles. The van der Waals surface area contributed by atoms with Gasteiger partial charge in [0, 0.05) is 54.9 Å². The Morgan fingerprint density at radius 3 is 2.12 bits per heavy atom. The second-order valence-electron chi connectivity index (χ2n) is 11.1. The molecule has 0 unspecified atom stereocenters. The van der Waals surface area contributed by atoms with Crippen LogP contribution in [-0.4, -0.2) is 68.2 Å². The number of nitrogens with zero attached hydrogens (tertiary/aromatic N) is 5. The van der Waals surface area contributed by atoms with Crippen LogP contribution in [-0.2, 0) is 22.6 Å². The molecule has 15 nitrogen and oxygen atoms in total. The number of unbranched alkanes of at least 4 members (excludes halogenated alkanes) is 9. The van der Waals surface area contributed by atoms with E-state index in [-0.39, 0.29) is 12.6 Å². The second-order valence-corrected chi connectivity index (χ2v) is 13.1. The standard InChI is InChI=1S/C17H33N5O4S.C13H17N5OS2/c1-2-3-4-5-6-7-8-9-10-11-13-25-21-16(23)19-20-17-18-15(22-27-17)12-14-26-24;1-8-4-5-10(20)6-9(8)7-11-14-12(21-17-11)15-16-13(19)18(2)3/h24H,2-14H2,1H3,(H,18,20,22)(H2,19,21,23);4-6,20H,7H2,1-3H3,(H,16,19)(H,14,15,17). The fourth-order valence-corrected chi connectivity index (χ4v) is 5.41. The Morgan fingerprint density at radius 1 is 0.875 bits per heavy atom. The summed E-state index contributed by atoms with van der Waals surface area (Å²) in [7, 11) is 3.32. The maximum Gasteiger partial charge on any atom is 0.357 e. The van der Waals surface area contributed by atoms with Crippen LogP contribution >= 0.6 is 35.7 Å². The minimum Gasteiger partial charge on any atom is -0.330 e. The molecule has 0 fully saturated rings. The fourth-order valence-electron chi connectivity index (χ4n) is 4.07. The number of anilines is 2. The number of carbonyl (C=O) groups is 2. The molecule has 6 N–H and O–H groups in total. The minimum atomic E-state index is -0.502. The molecule has 0 bridgehead atoms. The van der Waals surface area contributed by atoms with Crippen molar-refractivity contribution in [2.24, 2.45) is 0 Å². The van der Waals surface area contributed by atoms with E-state index in [1.165, 1.54) is 73.4 Å². The number of hydroxylamine groups is 1. The van der Waals surface area contributed by atoms with Gasteiger partial charge in [-0.05, 0) is 36.6 Å². The van der Waals surface area contributed by atoms with Gasteiger partial charge in [-0.2, -0.15) is 8.75 Å². The maximum absolute atomic E-state index is 11.6. The van der Waals surface area contributed by atoms with Crippen molar-refractivity contribution in [2.45, 2.75) is 95.8 Å². The predicted molar refractivity (Wildman–Crippen MR) is 192 cm³/mol. The topological polar surface area (TPSA) is 188 Å². The van der Waals surface area contributed by atoms with E-state index < -0.39 is 6.03 Å². The molecule has 3 rings (SSSR count). The average molecular weight is 727 g/mol. The summed E-state index contributed by atoms with van der Waals surface area (Å²) in [5.74, 6) is 1.24. The Bertz CT molecular complexity index is 1330. The van der Waals surface area contributed by atoms with Gasteiger partial charge in [-0.25, -0.2) is 40.8 Å². The lowest BCUT2D eigenvalue weighted by molar-refractivity contribution is -0.241. The van der Waals surface area contributed by atoms with Gasteiger partial charge in [-0.1, -0.05) is 70.8 Å². The van der Waals surface area contributed by atoms with Crippen LogP contribution in [0.5, 0.6) is 0 Å². The van der Waals surface area contributed by atoms with Crippen molar-refractivity contribution in [3.05, 3.63) is 41.0 Å². The van der Waals surface area contributed by atoms with Crippen molar-refractivity contribution < 1.29 is 24.6 Å². The summed E-state index contributed by atoms with van der Waals surface area (Å²) in [5.41, 5.74) is 15.0. The van der Waals surface area contributed by atoms with Crippen LogP contribution in [0, 0.1) is 6.92 Å².